The highest BCUT2D eigenvalue weighted by molar-refractivity contribution is 5.66. The summed E-state index contributed by atoms with van der Waals surface area (Å²) in [6, 6.07) is 4.47. The predicted octanol–water partition coefficient (Wildman–Crippen LogP) is 1.27. The molecule has 0 aliphatic rings. The first-order valence-electron chi connectivity index (χ1n) is 5.21. The van der Waals surface area contributed by atoms with E-state index >= 15 is 0 Å². The average molecular weight is 226 g/mol. The number of hydrogen-bond acceptors (Lipinski definition) is 4. The molecule has 1 atom stereocenters. The second-order valence-electron chi connectivity index (χ2n) is 4.03. The minimum Gasteiger partial charge on any atom is -0.397 e. The maximum Gasteiger partial charge on any atom is 0.125 e. The molecule has 16 heavy (non-hydrogen) atoms. The Balaban J connectivity index is 2.55. The zero-order valence-corrected chi connectivity index (χ0v) is 9.92. The predicted molar refractivity (Wildman–Crippen MR) is 65.6 cm³/mol. The van der Waals surface area contributed by atoms with Crippen LogP contribution in [-0.4, -0.2) is 31.7 Å². The van der Waals surface area contributed by atoms with E-state index in [2.05, 4.69) is 10.7 Å². The topological polar surface area (TPSA) is 53.3 Å². The lowest BCUT2D eigenvalue weighted by atomic mass is 10.2. The molecule has 1 rings (SSSR count). The lowest BCUT2D eigenvalue weighted by Gasteiger charge is -2.20. The zero-order chi connectivity index (χ0) is 12.1. The van der Waals surface area contributed by atoms with Crippen molar-refractivity contribution in [2.24, 2.45) is 0 Å². The van der Waals surface area contributed by atoms with E-state index in [9.17, 15) is 4.39 Å². The van der Waals surface area contributed by atoms with Crippen LogP contribution in [0.4, 0.5) is 15.8 Å². The van der Waals surface area contributed by atoms with Crippen LogP contribution in [0.2, 0.25) is 0 Å². The van der Waals surface area contributed by atoms with Crippen molar-refractivity contribution in [2.75, 3.05) is 31.7 Å². The number of hydrazine groups is 1. The van der Waals surface area contributed by atoms with E-state index < -0.39 is 0 Å². The minimum atomic E-state index is -0.288. The quantitative estimate of drug-likeness (QED) is 0.523. The Morgan fingerprint density at radius 1 is 1.44 bits per heavy atom. The van der Waals surface area contributed by atoms with E-state index in [0.29, 0.717) is 11.4 Å². The van der Waals surface area contributed by atoms with Gasteiger partial charge in [-0.15, -0.1) is 0 Å². The summed E-state index contributed by atoms with van der Waals surface area (Å²) >= 11 is 0. The maximum atomic E-state index is 13.0. The SMILES string of the molecule is CC(CNN(C)C)Nc1cc(F)ccc1N. The molecule has 0 aliphatic carbocycles. The summed E-state index contributed by atoms with van der Waals surface area (Å²) in [5.41, 5.74) is 10.1. The van der Waals surface area contributed by atoms with Crippen LogP contribution in [0.1, 0.15) is 6.92 Å². The van der Waals surface area contributed by atoms with Crippen LogP contribution in [-0.2, 0) is 0 Å². The fourth-order valence-corrected chi connectivity index (χ4v) is 1.29. The zero-order valence-electron chi connectivity index (χ0n) is 9.92. The van der Waals surface area contributed by atoms with Gasteiger partial charge in [-0.05, 0) is 25.1 Å². The molecule has 0 saturated heterocycles. The number of anilines is 2. The largest absolute Gasteiger partial charge is 0.397 e. The van der Waals surface area contributed by atoms with Crippen molar-refractivity contribution in [2.45, 2.75) is 13.0 Å². The molecule has 0 heterocycles. The third kappa shape index (κ3) is 4.04. The second kappa shape index (κ2) is 5.67. The highest BCUT2D eigenvalue weighted by atomic mass is 19.1. The van der Waals surface area contributed by atoms with E-state index in [0.717, 1.165) is 6.54 Å². The summed E-state index contributed by atoms with van der Waals surface area (Å²) in [7, 11) is 3.84. The van der Waals surface area contributed by atoms with Crippen molar-refractivity contribution in [1.29, 1.82) is 0 Å². The lowest BCUT2D eigenvalue weighted by Crippen LogP contribution is -2.38. The molecule has 0 aliphatic heterocycles. The normalized spacial score (nSPS) is 12.8. The molecule has 1 unspecified atom stereocenters. The summed E-state index contributed by atoms with van der Waals surface area (Å²) in [5, 5.41) is 5.02. The monoisotopic (exact) mass is 226 g/mol. The third-order valence-electron chi connectivity index (χ3n) is 2.13. The molecule has 0 saturated carbocycles. The standard InChI is InChI=1S/C11H19FN4/c1-8(7-14-16(2)3)15-11-6-9(12)4-5-10(11)13/h4-6,8,14-15H,7,13H2,1-3H3. The van der Waals surface area contributed by atoms with Gasteiger partial charge in [-0.3, -0.25) is 10.4 Å². The molecule has 4 nitrogen and oxygen atoms in total. The molecule has 0 amide bonds. The van der Waals surface area contributed by atoms with Gasteiger partial charge in [0, 0.05) is 26.7 Å². The first-order chi connectivity index (χ1) is 7.49. The molecule has 4 N–H and O–H groups in total. The Morgan fingerprint density at radius 3 is 2.75 bits per heavy atom. The highest BCUT2D eigenvalue weighted by Gasteiger charge is 2.05. The van der Waals surface area contributed by atoms with Gasteiger partial charge in [0.2, 0.25) is 0 Å². The molecule has 1 aromatic rings. The van der Waals surface area contributed by atoms with Crippen LogP contribution in [0.15, 0.2) is 18.2 Å². The van der Waals surface area contributed by atoms with Gasteiger partial charge in [-0.1, -0.05) is 0 Å². The van der Waals surface area contributed by atoms with Crippen molar-refractivity contribution in [3.05, 3.63) is 24.0 Å². The van der Waals surface area contributed by atoms with Gasteiger partial charge in [-0.25, -0.2) is 4.39 Å². The van der Waals surface area contributed by atoms with Gasteiger partial charge in [0.15, 0.2) is 0 Å². The molecule has 0 bridgehead atoms. The highest BCUT2D eigenvalue weighted by Crippen LogP contribution is 2.19. The first-order valence-corrected chi connectivity index (χ1v) is 5.21. The Hall–Kier alpha value is -1.33. The van der Waals surface area contributed by atoms with Crippen LogP contribution in [0, 0.1) is 5.82 Å². The second-order valence-corrected chi connectivity index (χ2v) is 4.03. The molecular formula is C11H19FN4. The summed E-state index contributed by atoms with van der Waals surface area (Å²) in [4.78, 5) is 0. The minimum absolute atomic E-state index is 0.159. The summed E-state index contributed by atoms with van der Waals surface area (Å²) in [6.07, 6.45) is 0. The van der Waals surface area contributed by atoms with Gasteiger partial charge >= 0.3 is 0 Å². The van der Waals surface area contributed by atoms with E-state index in [1.165, 1.54) is 12.1 Å². The molecule has 0 fully saturated rings. The number of nitrogen functional groups attached to an aromatic ring is 1. The molecule has 0 aromatic heterocycles. The van der Waals surface area contributed by atoms with Gasteiger partial charge < -0.3 is 11.1 Å². The van der Waals surface area contributed by atoms with Crippen LogP contribution >= 0.6 is 0 Å². The average Bonchev–Trinajstić information content (AvgIpc) is 2.20. The number of halogens is 1. The van der Waals surface area contributed by atoms with Crippen LogP contribution in [0.5, 0.6) is 0 Å². The summed E-state index contributed by atoms with van der Waals surface area (Å²) in [5.74, 6) is -0.288. The van der Waals surface area contributed by atoms with Gasteiger partial charge in [0.05, 0.1) is 11.4 Å². The fraction of sp³-hybridized carbons (Fsp3) is 0.455. The molecule has 0 spiro atoms. The van der Waals surface area contributed by atoms with Crippen molar-refractivity contribution in [1.82, 2.24) is 10.4 Å². The Labute approximate surface area is 95.6 Å². The third-order valence-corrected chi connectivity index (χ3v) is 2.13. The summed E-state index contributed by atoms with van der Waals surface area (Å²) in [6.45, 7) is 2.74. The Kier molecular flexibility index (Phi) is 4.52. The fourth-order valence-electron chi connectivity index (χ4n) is 1.29. The first kappa shape index (κ1) is 12.7. The molecule has 0 radical (unpaired) electrons. The van der Waals surface area contributed by atoms with Crippen LogP contribution < -0.4 is 16.5 Å². The van der Waals surface area contributed by atoms with Gasteiger partial charge in [0.25, 0.3) is 0 Å². The molecule has 1 aromatic carbocycles. The van der Waals surface area contributed by atoms with Crippen molar-refractivity contribution < 1.29 is 4.39 Å². The lowest BCUT2D eigenvalue weighted by molar-refractivity contribution is 0.285. The van der Waals surface area contributed by atoms with Gasteiger partial charge in [0.1, 0.15) is 5.82 Å². The van der Waals surface area contributed by atoms with Crippen LogP contribution in [0.25, 0.3) is 0 Å². The van der Waals surface area contributed by atoms with E-state index in [-0.39, 0.29) is 11.9 Å². The van der Waals surface area contributed by atoms with Crippen molar-refractivity contribution in [3.8, 4) is 0 Å². The maximum absolute atomic E-state index is 13.0. The number of nitrogens with one attached hydrogen (secondary N) is 2. The van der Waals surface area contributed by atoms with E-state index in [1.54, 1.807) is 6.07 Å². The van der Waals surface area contributed by atoms with E-state index in [1.807, 2.05) is 26.0 Å². The Bertz CT molecular complexity index is 341. The smallest absolute Gasteiger partial charge is 0.125 e. The van der Waals surface area contributed by atoms with Crippen molar-refractivity contribution >= 4 is 11.4 Å². The number of hydrogen-bond donors (Lipinski definition) is 3. The number of rotatable bonds is 5. The Morgan fingerprint density at radius 2 is 2.12 bits per heavy atom. The van der Waals surface area contributed by atoms with Crippen molar-refractivity contribution in [3.63, 3.8) is 0 Å². The number of nitrogens with zero attached hydrogens (tertiary/aromatic N) is 1. The molecule has 5 heteroatoms. The molecule has 90 valence electrons. The summed E-state index contributed by atoms with van der Waals surface area (Å²) < 4.78 is 13.0. The number of benzene rings is 1. The number of nitrogens with two attached hydrogens (primary N) is 1. The van der Waals surface area contributed by atoms with Crippen LogP contribution in [0.3, 0.4) is 0 Å². The molecular weight excluding hydrogens is 207 g/mol. The van der Waals surface area contributed by atoms with Gasteiger partial charge in [-0.2, -0.15) is 0 Å². The van der Waals surface area contributed by atoms with E-state index in [4.69, 9.17) is 5.73 Å².